The Morgan fingerprint density at radius 1 is 1.38 bits per heavy atom. The van der Waals surface area contributed by atoms with Crippen molar-refractivity contribution in [1.29, 1.82) is 0 Å². The zero-order valence-corrected chi connectivity index (χ0v) is 8.71. The van der Waals surface area contributed by atoms with Gasteiger partial charge in [-0.15, -0.1) is 6.58 Å². The van der Waals surface area contributed by atoms with Crippen molar-refractivity contribution < 1.29 is 18.3 Å². The van der Waals surface area contributed by atoms with Crippen LogP contribution in [0.25, 0.3) is 0 Å². The highest BCUT2D eigenvalue weighted by Crippen LogP contribution is 2.13. The number of carbonyl (C=O) groups is 1. The highest BCUT2D eigenvalue weighted by Gasteiger charge is 2.17. The van der Waals surface area contributed by atoms with E-state index in [1.54, 1.807) is 6.08 Å². The number of hydrogen-bond acceptors (Lipinski definition) is 2. The minimum absolute atomic E-state index is 0.124. The molecule has 0 spiro atoms. The average Bonchev–Trinajstić information content (AvgIpc) is 2.24. The minimum Gasteiger partial charge on any atom is -0.462 e. The zero-order valence-electron chi connectivity index (χ0n) is 8.71. The van der Waals surface area contributed by atoms with E-state index in [0.717, 1.165) is 12.1 Å². The summed E-state index contributed by atoms with van der Waals surface area (Å²) in [4.78, 5) is 11.3. The molecule has 0 bridgehead atoms. The molecule has 0 unspecified atom stereocenters. The molecule has 1 aromatic rings. The van der Waals surface area contributed by atoms with Gasteiger partial charge in [0.2, 0.25) is 0 Å². The lowest BCUT2D eigenvalue weighted by atomic mass is 10.2. The molecule has 0 N–H and O–H groups in total. The summed E-state index contributed by atoms with van der Waals surface area (Å²) in [5.74, 6) is -2.79. The Balaban J connectivity index is 2.62. The van der Waals surface area contributed by atoms with E-state index >= 15 is 0 Å². The van der Waals surface area contributed by atoms with Crippen LogP contribution in [0.4, 0.5) is 8.78 Å². The van der Waals surface area contributed by atoms with Crippen molar-refractivity contribution in [2.24, 2.45) is 0 Å². The van der Waals surface area contributed by atoms with Crippen molar-refractivity contribution in [3.05, 3.63) is 48.1 Å². The van der Waals surface area contributed by atoms with E-state index in [9.17, 15) is 13.6 Å². The third kappa shape index (κ3) is 3.15. The smallest absolute Gasteiger partial charge is 0.344 e. The molecule has 0 radical (unpaired) electrons. The van der Waals surface area contributed by atoms with Crippen LogP contribution in [0.2, 0.25) is 0 Å². The van der Waals surface area contributed by atoms with Gasteiger partial charge in [-0.1, -0.05) is 12.1 Å². The first kappa shape index (κ1) is 12.4. The number of hydrogen-bond donors (Lipinski definition) is 0. The molecule has 1 aromatic carbocycles. The monoisotopic (exact) mass is 226 g/mol. The maximum atomic E-state index is 13.1. The first-order chi connectivity index (χ1) is 7.66. The van der Waals surface area contributed by atoms with Crippen LogP contribution in [0.1, 0.15) is 23.2 Å². The van der Waals surface area contributed by atoms with Crippen molar-refractivity contribution >= 4 is 5.97 Å². The van der Waals surface area contributed by atoms with E-state index in [4.69, 9.17) is 4.74 Å². The molecule has 86 valence electrons. The van der Waals surface area contributed by atoms with Gasteiger partial charge in [-0.2, -0.15) is 0 Å². The molecule has 0 amide bonds. The SMILES string of the molecule is C=CCCCOC(=O)c1c(F)cccc1F. The average molecular weight is 226 g/mol. The van der Waals surface area contributed by atoms with E-state index in [1.807, 2.05) is 0 Å². The fourth-order valence-electron chi connectivity index (χ4n) is 1.16. The maximum absolute atomic E-state index is 13.1. The standard InChI is InChI=1S/C12H12F2O2/c1-2-3-4-8-16-12(15)11-9(13)6-5-7-10(11)14/h2,5-7H,1,3-4,8H2. The number of carbonyl (C=O) groups excluding carboxylic acids is 1. The van der Waals surface area contributed by atoms with Crippen LogP contribution in [0.5, 0.6) is 0 Å². The highest BCUT2D eigenvalue weighted by molar-refractivity contribution is 5.89. The molecular weight excluding hydrogens is 214 g/mol. The van der Waals surface area contributed by atoms with Crippen LogP contribution in [0, 0.1) is 11.6 Å². The first-order valence-corrected chi connectivity index (χ1v) is 4.89. The quantitative estimate of drug-likeness (QED) is 0.438. The van der Waals surface area contributed by atoms with E-state index in [0.29, 0.717) is 12.8 Å². The van der Waals surface area contributed by atoms with Gasteiger partial charge < -0.3 is 4.74 Å². The molecule has 16 heavy (non-hydrogen) atoms. The Labute approximate surface area is 92.5 Å². The summed E-state index contributed by atoms with van der Waals surface area (Å²) < 4.78 is 31.0. The molecule has 0 aliphatic heterocycles. The normalized spacial score (nSPS) is 9.88. The summed E-state index contributed by atoms with van der Waals surface area (Å²) in [5, 5.41) is 0. The van der Waals surface area contributed by atoms with E-state index in [-0.39, 0.29) is 6.61 Å². The van der Waals surface area contributed by atoms with Gasteiger partial charge in [0, 0.05) is 0 Å². The van der Waals surface area contributed by atoms with Crippen molar-refractivity contribution in [3.63, 3.8) is 0 Å². The second-order valence-corrected chi connectivity index (χ2v) is 3.16. The molecule has 4 heteroatoms. The Kier molecular flexibility index (Phi) is 4.64. The second-order valence-electron chi connectivity index (χ2n) is 3.16. The lowest BCUT2D eigenvalue weighted by Crippen LogP contribution is -2.10. The van der Waals surface area contributed by atoms with Crippen LogP contribution in [0.3, 0.4) is 0 Å². The lowest BCUT2D eigenvalue weighted by Gasteiger charge is -2.05. The summed E-state index contributed by atoms with van der Waals surface area (Å²) in [6, 6.07) is 3.23. The minimum atomic E-state index is -0.973. The zero-order chi connectivity index (χ0) is 12.0. The fourth-order valence-corrected chi connectivity index (χ4v) is 1.16. The van der Waals surface area contributed by atoms with Gasteiger partial charge >= 0.3 is 5.97 Å². The molecule has 0 saturated carbocycles. The number of ether oxygens (including phenoxy) is 1. The molecule has 0 atom stereocenters. The Hall–Kier alpha value is -1.71. The molecule has 0 aliphatic rings. The van der Waals surface area contributed by atoms with Gasteiger partial charge in [0.15, 0.2) is 0 Å². The van der Waals surface area contributed by atoms with Gasteiger partial charge in [-0.05, 0) is 25.0 Å². The number of benzene rings is 1. The van der Waals surface area contributed by atoms with Crippen molar-refractivity contribution in [1.82, 2.24) is 0 Å². The lowest BCUT2D eigenvalue weighted by molar-refractivity contribution is 0.0490. The predicted molar refractivity (Wildman–Crippen MR) is 56.1 cm³/mol. The van der Waals surface area contributed by atoms with Gasteiger partial charge in [0.1, 0.15) is 17.2 Å². The number of halogens is 2. The number of esters is 1. The molecule has 0 aromatic heterocycles. The molecule has 0 aliphatic carbocycles. The second kappa shape index (κ2) is 6.00. The topological polar surface area (TPSA) is 26.3 Å². The summed E-state index contributed by atoms with van der Waals surface area (Å²) >= 11 is 0. The summed E-state index contributed by atoms with van der Waals surface area (Å²) in [6.07, 6.45) is 2.95. The Bertz CT molecular complexity index is 368. The molecule has 0 heterocycles. The first-order valence-electron chi connectivity index (χ1n) is 4.89. The van der Waals surface area contributed by atoms with Crippen molar-refractivity contribution in [3.8, 4) is 0 Å². The van der Waals surface area contributed by atoms with Gasteiger partial charge in [0.25, 0.3) is 0 Å². The van der Waals surface area contributed by atoms with Crippen molar-refractivity contribution in [2.75, 3.05) is 6.61 Å². The van der Waals surface area contributed by atoms with Gasteiger partial charge in [-0.3, -0.25) is 0 Å². The maximum Gasteiger partial charge on any atom is 0.344 e. The van der Waals surface area contributed by atoms with E-state index in [1.165, 1.54) is 6.07 Å². The molecular formula is C12H12F2O2. The van der Waals surface area contributed by atoms with Crippen molar-refractivity contribution in [2.45, 2.75) is 12.8 Å². The van der Waals surface area contributed by atoms with Crippen LogP contribution in [-0.4, -0.2) is 12.6 Å². The molecule has 0 fully saturated rings. The van der Waals surface area contributed by atoms with Crippen LogP contribution in [-0.2, 0) is 4.74 Å². The van der Waals surface area contributed by atoms with Gasteiger partial charge in [-0.25, -0.2) is 13.6 Å². The fraction of sp³-hybridized carbons (Fsp3) is 0.250. The third-order valence-electron chi connectivity index (χ3n) is 1.95. The van der Waals surface area contributed by atoms with Crippen LogP contribution < -0.4 is 0 Å². The summed E-state index contributed by atoms with van der Waals surface area (Å²) in [5.41, 5.74) is -0.638. The summed E-state index contributed by atoms with van der Waals surface area (Å²) in [6.45, 7) is 3.63. The highest BCUT2D eigenvalue weighted by atomic mass is 19.1. The Morgan fingerprint density at radius 2 is 2.00 bits per heavy atom. The number of allylic oxidation sites excluding steroid dienone is 1. The van der Waals surface area contributed by atoms with Gasteiger partial charge in [0.05, 0.1) is 6.61 Å². The molecule has 2 nitrogen and oxygen atoms in total. The third-order valence-corrected chi connectivity index (χ3v) is 1.95. The largest absolute Gasteiger partial charge is 0.462 e. The Morgan fingerprint density at radius 3 is 2.56 bits per heavy atom. The molecule has 0 saturated heterocycles. The van der Waals surface area contributed by atoms with Crippen LogP contribution >= 0.6 is 0 Å². The molecule has 1 rings (SSSR count). The predicted octanol–water partition coefficient (Wildman–Crippen LogP) is 3.09. The summed E-state index contributed by atoms with van der Waals surface area (Å²) in [7, 11) is 0. The van der Waals surface area contributed by atoms with E-state index in [2.05, 4.69) is 6.58 Å². The van der Waals surface area contributed by atoms with Crippen LogP contribution in [0.15, 0.2) is 30.9 Å². The number of unbranched alkanes of at least 4 members (excludes halogenated alkanes) is 1. The number of rotatable bonds is 5. The van der Waals surface area contributed by atoms with E-state index < -0.39 is 23.2 Å².